The molecule has 2 aromatic carbocycles. The first-order valence-corrected chi connectivity index (χ1v) is 13.8. The average molecular weight is 547 g/mol. The Labute approximate surface area is 229 Å². The largest absolute Gasteiger partial charge is 0.496 e. The van der Waals surface area contributed by atoms with Crippen molar-refractivity contribution in [2.75, 3.05) is 20.2 Å². The fourth-order valence-corrected chi connectivity index (χ4v) is 7.15. The van der Waals surface area contributed by atoms with Gasteiger partial charge in [0, 0.05) is 59.5 Å². The summed E-state index contributed by atoms with van der Waals surface area (Å²) in [4.78, 5) is 27.9. The minimum atomic E-state index is -0.333. The number of hydrogen-bond acceptors (Lipinski definition) is 6. The van der Waals surface area contributed by atoms with Crippen molar-refractivity contribution in [1.82, 2.24) is 14.9 Å². The predicted molar refractivity (Wildman–Crippen MR) is 152 cm³/mol. The summed E-state index contributed by atoms with van der Waals surface area (Å²) in [7, 11) is 1.68. The zero-order valence-corrected chi connectivity index (χ0v) is 22.5. The van der Waals surface area contributed by atoms with E-state index in [1.54, 1.807) is 19.4 Å². The van der Waals surface area contributed by atoms with Crippen molar-refractivity contribution in [3.63, 3.8) is 0 Å². The van der Waals surface area contributed by atoms with Crippen molar-refractivity contribution in [1.29, 1.82) is 0 Å². The molecule has 194 valence electrons. The van der Waals surface area contributed by atoms with Crippen LogP contribution in [-0.4, -0.2) is 41.8 Å². The summed E-state index contributed by atoms with van der Waals surface area (Å²) in [6, 6.07) is 19.2. The molecule has 6 rings (SSSR count). The monoisotopic (exact) mass is 546 g/mol. The lowest BCUT2D eigenvalue weighted by atomic mass is 9.83. The molecule has 0 aliphatic carbocycles. The number of amides is 1. The number of carbonyl (C=O) groups is 1. The van der Waals surface area contributed by atoms with Crippen molar-refractivity contribution >= 4 is 45.1 Å². The summed E-state index contributed by atoms with van der Waals surface area (Å²) < 4.78 is 8.57. The van der Waals surface area contributed by atoms with Gasteiger partial charge >= 0.3 is 0 Å². The number of ether oxygens (including phenoxy) is 1. The molecule has 0 radical (unpaired) electrons. The van der Waals surface area contributed by atoms with Crippen LogP contribution in [0.5, 0.6) is 5.75 Å². The van der Waals surface area contributed by atoms with Crippen LogP contribution in [0.2, 0.25) is 5.02 Å². The first kappa shape index (κ1) is 24.9. The Morgan fingerprint density at radius 3 is 2.87 bits per heavy atom. The summed E-state index contributed by atoms with van der Waals surface area (Å²) in [5.74, 6) is 1.28. The molecule has 2 aliphatic heterocycles. The highest BCUT2D eigenvalue weighted by Crippen LogP contribution is 2.37. The molecule has 1 saturated heterocycles. The molecule has 0 saturated carbocycles. The van der Waals surface area contributed by atoms with Crippen molar-refractivity contribution < 1.29 is 9.53 Å². The number of hydrazone groups is 1. The van der Waals surface area contributed by atoms with Gasteiger partial charge in [0.25, 0.3) is 11.5 Å². The smallest absolute Gasteiger partial charge is 0.283 e. The Hall–Kier alpha value is -3.46. The van der Waals surface area contributed by atoms with Gasteiger partial charge in [0.05, 0.1) is 18.3 Å². The maximum atomic E-state index is 12.7. The van der Waals surface area contributed by atoms with Crippen LogP contribution in [-0.2, 0) is 13.1 Å². The predicted octanol–water partition coefficient (Wildman–Crippen LogP) is 5.11. The zero-order chi connectivity index (χ0) is 26.2. The molecule has 2 bridgehead atoms. The number of nitrogens with one attached hydrogen (secondary N) is 1. The molecule has 38 heavy (non-hydrogen) atoms. The second-order valence-corrected chi connectivity index (χ2v) is 11.3. The SMILES string of the molecule is COc1ccc(/C=N\NC(=O)c2sc3ccccc3c2Cl)cc1CN1C[C@@H]2C[C@H](C1)c1cccc(=O)n1C2. The number of piperidine rings is 1. The maximum absolute atomic E-state index is 12.7. The Kier molecular flexibility index (Phi) is 6.78. The lowest BCUT2D eigenvalue weighted by Gasteiger charge is -2.42. The van der Waals surface area contributed by atoms with Crippen molar-refractivity contribution in [2.45, 2.75) is 25.4 Å². The minimum absolute atomic E-state index is 0.0982. The number of benzene rings is 2. The van der Waals surface area contributed by atoms with Crippen LogP contribution in [0.15, 0.2) is 70.6 Å². The van der Waals surface area contributed by atoms with E-state index in [-0.39, 0.29) is 11.5 Å². The Morgan fingerprint density at radius 2 is 2.03 bits per heavy atom. The van der Waals surface area contributed by atoms with E-state index < -0.39 is 0 Å². The van der Waals surface area contributed by atoms with Gasteiger partial charge in [-0.15, -0.1) is 11.3 Å². The zero-order valence-electron chi connectivity index (χ0n) is 20.9. The second-order valence-electron chi connectivity index (χ2n) is 9.90. The minimum Gasteiger partial charge on any atom is -0.496 e. The van der Waals surface area contributed by atoms with Gasteiger partial charge in [0.15, 0.2) is 0 Å². The molecule has 1 N–H and O–H groups in total. The molecule has 1 amide bonds. The molecule has 0 spiro atoms. The van der Waals surface area contributed by atoms with Crippen LogP contribution < -0.4 is 15.7 Å². The normalized spacial score (nSPS) is 19.0. The highest BCUT2D eigenvalue weighted by molar-refractivity contribution is 7.21. The average Bonchev–Trinajstić information content (AvgIpc) is 3.26. The third kappa shape index (κ3) is 4.75. The lowest BCUT2D eigenvalue weighted by Crippen LogP contribution is -2.46. The number of nitrogens with zero attached hydrogens (tertiary/aromatic N) is 3. The third-order valence-corrected chi connectivity index (χ3v) is 9.05. The lowest BCUT2D eigenvalue weighted by molar-refractivity contribution is 0.0959. The maximum Gasteiger partial charge on any atom is 0.283 e. The molecule has 4 aromatic rings. The quantitative estimate of drug-likeness (QED) is 0.269. The molecule has 2 aromatic heterocycles. The van der Waals surface area contributed by atoms with Gasteiger partial charge < -0.3 is 9.30 Å². The summed E-state index contributed by atoms with van der Waals surface area (Å²) in [6.45, 7) is 3.34. The van der Waals surface area contributed by atoms with E-state index in [9.17, 15) is 9.59 Å². The van der Waals surface area contributed by atoms with Gasteiger partial charge in [-0.05, 0) is 48.2 Å². The van der Waals surface area contributed by atoms with E-state index in [2.05, 4.69) is 21.5 Å². The number of likely N-dealkylation sites (tertiary alicyclic amines) is 1. The van der Waals surface area contributed by atoms with Crippen LogP contribution >= 0.6 is 22.9 Å². The molecule has 2 aliphatic rings. The van der Waals surface area contributed by atoms with Crippen LogP contribution in [0.4, 0.5) is 0 Å². The number of fused-ring (bicyclic) bond motifs is 5. The first-order valence-electron chi connectivity index (χ1n) is 12.6. The van der Waals surface area contributed by atoms with E-state index in [0.717, 1.165) is 65.3 Å². The molecule has 7 nitrogen and oxygen atoms in total. The van der Waals surface area contributed by atoms with Gasteiger partial charge in [-0.2, -0.15) is 5.10 Å². The van der Waals surface area contributed by atoms with Crippen molar-refractivity contribution in [3.8, 4) is 5.75 Å². The molecule has 2 atom stereocenters. The molecule has 9 heteroatoms. The van der Waals surface area contributed by atoms with Crippen LogP contribution in [0.3, 0.4) is 0 Å². The van der Waals surface area contributed by atoms with Crippen LogP contribution in [0, 0.1) is 5.92 Å². The Balaban J connectivity index is 1.16. The van der Waals surface area contributed by atoms with Gasteiger partial charge in [0.1, 0.15) is 10.6 Å². The fraction of sp³-hybridized carbons (Fsp3) is 0.276. The van der Waals surface area contributed by atoms with E-state index in [0.29, 0.717) is 21.7 Å². The number of thiophene rings is 1. The summed E-state index contributed by atoms with van der Waals surface area (Å²) in [6.07, 6.45) is 2.75. The van der Waals surface area contributed by atoms with Crippen molar-refractivity contribution in [2.24, 2.45) is 11.0 Å². The fourth-order valence-electron chi connectivity index (χ4n) is 5.74. The topological polar surface area (TPSA) is 75.9 Å². The molecule has 1 fully saturated rings. The van der Waals surface area contributed by atoms with Crippen molar-refractivity contribution in [3.05, 3.63) is 97.7 Å². The van der Waals surface area contributed by atoms with E-state index in [1.165, 1.54) is 11.3 Å². The number of halogens is 1. The third-order valence-electron chi connectivity index (χ3n) is 7.37. The standard InChI is InChI=1S/C29H27ClN4O3S/c1-37-24-10-9-18(13-31-32-29(36)28-27(30)22-5-2-3-7-25(22)38-28)11-21(24)17-33-14-19-12-20(16-33)23-6-4-8-26(35)34(23)15-19/h2-11,13,19-20H,12,14-17H2,1H3,(H,32,36)/b31-13-/t19-,20+/m0/s1. The second kappa shape index (κ2) is 10.4. The highest BCUT2D eigenvalue weighted by atomic mass is 35.5. The van der Waals surface area contributed by atoms with E-state index in [1.807, 2.05) is 53.1 Å². The number of aromatic nitrogens is 1. The van der Waals surface area contributed by atoms with E-state index in [4.69, 9.17) is 16.3 Å². The first-order chi connectivity index (χ1) is 18.5. The van der Waals surface area contributed by atoms with Gasteiger partial charge in [-0.1, -0.05) is 35.9 Å². The summed E-state index contributed by atoms with van der Waals surface area (Å²) >= 11 is 7.78. The number of carbonyl (C=O) groups excluding carboxylic acids is 1. The van der Waals surface area contributed by atoms with Gasteiger partial charge in [-0.3, -0.25) is 14.5 Å². The Morgan fingerprint density at radius 1 is 1.16 bits per heavy atom. The van der Waals surface area contributed by atoms with Crippen LogP contribution in [0.1, 0.15) is 38.8 Å². The number of methoxy groups -OCH3 is 1. The number of hydrogen-bond donors (Lipinski definition) is 1. The summed E-state index contributed by atoms with van der Waals surface area (Å²) in [5, 5.41) is 5.50. The number of pyridine rings is 1. The molecule has 4 heterocycles. The summed E-state index contributed by atoms with van der Waals surface area (Å²) in [5.41, 5.74) is 5.76. The highest BCUT2D eigenvalue weighted by Gasteiger charge is 2.34. The molecular weight excluding hydrogens is 520 g/mol. The Bertz CT molecular complexity index is 1610. The molecule has 0 unspecified atom stereocenters. The van der Waals surface area contributed by atoms with Gasteiger partial charge in [-0.25, -0.2) is 5.43 Å². The van der Waals surface area contributed by atoms with Crippen LogP contribution in [0.25, 0.3) is 10.1 Å². The van der Waals surface area contributed by atoms with Gasteiger partial charge in [0.2, 0.25) is 0 Å². The number of rotatable bonds is 6. The molecular formula is C29H27ClN4O3S. The van der Waals surface area contributed by atoms with E-state index >= 15 is 0 Å².